The molecule has 0 heterocycles. The number of rotatable bonds is 7. The van der Waals surface area contributed by atoms with Crippen molar-refractivity contribution in [2.75, 3.05) is 6.61 Å². The van der Waals surface area contributed by atoms with Gasteiger partial charge in [0.25, 0.3) is 0 Å². The predicted octanol–water partition coefficient (Wildman–Crippen LogP) is 2.87. The van der Waals surface area contributed by atoms with Crippen LogP contribution in [0.2, 0.25) is 0 Å². The van der Waals surface area contributed by atoms with E-state index < -0.39 is 24.0 Å². The van der Waals surface area contributed by atoms with Crippen LogP contribution in [0, 0.1) is 5.92 Å². The minimum absolute atomic E-state index is 0.271. The van der Waals surface area contributed by atoms with Gasteiger partial charge in [-0.25, -0.2) is 4.79 Å². The molecular formula is C17H20O5. The lowest BCUT2D eigenvalue weighted by Gasteiger charge is -2.22. The third-order valence-corrected chi connectivity index (χ3v) is 3.95. The second-order valence-corrected chi connectivity index (χ2v) is 5.64. The average molecular weight is 304 g/mol. The smallest absolute Gasteiger partial charge is 0.372 e. The number of benzene rings is 1. The molecule has 0 saturated heterocycles. The molecule has 1 aromatic rings. The maximum atomic E-state index is 12.1. The van der Waals surface area contributed by atoms with Crippen molar-refractivity contribution in [1.29, 1.82) is 0 Å². The summed E-state index contributed by atoms with van der Waals surface area (Å²) < 4.78 is 5.76. The van der Waals surface area contributed by atoms with Crippen LogP contribution in [-0.4, -0.2) is 29.2 Å². The first-order chi connectivity index (χ1) is 10.6. The molecule has 1 N–H and O–H groups in total. The van der Waals surface area contributed by atoms with E-state index in [0.717, 1.165) is 12.8 Å². The molecule has 0 amide bonds. The van der Waals surface area contributed by atoms with Crippen LogP contribution in [-0.2, 0) is 9.59 Å². The van der Waals surface area contributed by atoms with Crippen molar-refractivity contribution in [2.45, 2.75) is 38.5 Å². The number of hydrogen-bond donors (Lipinski definition) is 1. The van der Waals surface area contributed by atoms with Crippen LogP contribution in [0.3, 0.4) is 0 Å². The molecule has 1 saturated carbocycles. The topological polar surface area (TPSA) is 80.7 Å². The summed E-state index contributed by atoms with van der Waals surface area (Å²) in [7, 11) is 0. The highest BCUT2D eigenvalue weighted by Gasteiger charge is 2.21. The summed E-state index contributed by atoms with van der Waals surface area (Å²) in [5.74, 6) is -2.29. The van der Waals surface area contributed by atoms with E-state index in [1.807, 2.05) is 0 Å². The Balaban J connectivity index is 2.01. The Morgan fingerprint density at radius 2 is 1.77 bits per heavy atom. The molecule has 118 valence electrons. The van der Waals surface area contributed by atoms with Crippen molar-refractivity contribution < 1.29 is 24.2 Å². The first kappa shape index (κ1) is 16.2. The minimum atomic E-state index is -1.59. The molecule has 5 heteroatoms. The van der Waals surface area contributed by atoms with Crippen LogP contribution in [0.5, 0.6) is 5.75 Å². The number of aliphatic carboxylic acids is 1. The number of Topliss-reactive ketones (excluding diaryl/α,β-unsaturated/α-hetero) is 2. The van der Waals surface area contributed by atoms with E-state index in [-0.39, 0.29) is 5.56 Å². The number of ketones is 2. The first-order valence-corrected chi connectivity index (χ1v) is 7.59. The van der Waals surface area contributed by atoms with Gasteiger partial charge in [-0.1, -0.05) is 31.4 Å². The summed E-state index contributed by atoms with van der Waals surface area (Å²) in [6.07, 6.45) is 5.31. The zero-order valence-electron chi connectivity index (χ0n) is 12.4. The summed E-state index contributed by atoms with van der Waals surface area (Å²) in [5, 5.41) is 8.59. The second kappa shape index (κ2) is 7.73. The molecular weight excluding hydrogens is 284 g/mol. The summed E-state index contributed by atoms with van der Waals surface area (Å²) in [5.41, 5.74) is 0.271. The summed E-state index contributed by atoms with van der Waals surface area (Å²) in [6.45, 7) is 0.553. The van der Waals surface area contributed by atoms with E-state index in [4.69, 9.17) is 9.84 Å². The lowest BCUT2D eigenvalue weighted by atomic mass is 9.90. The quantitative estimate of drug-likeness (QED) is 0.476. The zero-order chi connectivity index (χ0) is 15.9. The number of carbonyl (C=O) groups is 3. The molecule has 0 aliphatic heterocycles. The Kier molecular flexibility index (Phi) is 5.69. The molecule has 2 rings (SSSR count). The van der Waals surface area contributed by atoms with Crippen molar-refractivity contribution >= 4 is 17.5 Å². The van der Waals surface area contributed by atoms with Gasteiger partial charge in [0.1, 0.15) is 5.75 Å². The fraction of sp³-hybridized carbons (Fsp3) is 0.471. The molecule has 1 fully saturated rings. The maximum Gasteiger partial charge on any atom is 0.372 e. The number of carbonyl (C=O) groups excluding carboxylic acids is 2. The summed E-state index contributed by atoms with van der Waals surface area (Å²) in [4.78, 5) is 33.8. The van der Waals surface area contributed by atoms with E-state index in [1.54, 1.807) is 24.3 Å². The Morgan fingerprint density at radius 3 is 2.45 bits per heavy atom. The van der Waals surface area contributed by atoms with E-state index in [1.165, 1.54) is 19.3 Å². The van der Waals surface area contributed by atoms with Crippen LogP contribution in [0.15, 0.2) is 24.3 Å². The number of ether oxygens (including phenoxy) is 1. The van der Waals surface area contributed by atoms with Gasteiger partial charge < -0.3 is 9.84 Å². The molecule has 5 nitrogen and oxygen atoms in total. The lowest BCUT2D eigenvalue weighted by Crippen LogP contribution is -2.19. The van der Waals surface area contributed by atoms with E-state index in [2.05, 4.69) is 0 Å². The minimum Gasteiger partial charge on any atom is -0.493 e. The highest BCUT2D eigenvalue weighted by atomic mass is 16.5. The van der Waals surface area contributed by atoms with Gasteiger partial charge in [0.15, 0.2) is 5.78 Å². The molecule has 0 spiro atoms. The van der Waals surface area contributed by atoms with Gasteiger partial charge in [-0.2, -0.15) is 0 Å². The molecule has 0 aromatic heterocycles. The Morgan fingerprint density at radius 1 is 1.09 bits per heavy atom. The fourth-order valence-corrected chi connectivity index (χ4v) is 2.70. The van der Waals surface area contributed by atoms with Crippen molar-refractivity contribution in [3.63, 3.8) is 0 Å². The van der Waals surface area contributed by atoms with Crippen LogP contribution in [0.25, 0.3) is 0 Å². The zero-order valence-corrected chi connectivity index (χ0v) is 12.4. The van der Waals surface area contributed by atoms with Gasteiger partial charge in [-0.15, -0.1) is 0 Å². The maximum absolute atomic E-state index is 12.1. The molecule has 0 unspecified atom stereocenters. The molecule has 1 aromatic carbocycles. The normalized spacial score (nSPS) is 15.3. The summed E-state index contributed by atoms with van der Waals surface area (Å²) >= 11 is 0. The standard InChI is InChI=1S/C17H20O5/c18-14(10-15(19)17(20)21)13-8-4-5-9-16(13)22-11-12-6-2-1-3-7-12/h4-5,8-9,12H,1-3,6-7,10-11H2,(H,20,21). The highest BCUT2D eigenvalue weighted by molar-refractivity contribution is 6.37. The van der Waals surface area contributed by atoms with Crippen molar-refractivity contribution in [2.24, 2.45) is 5.92 Å². The highest BCUT2D eigenvalue weighted by Crippen LogP contribution is 2.26. The van der Waals surface area contributed by atoms with Gasteiger partial charge in [0.2, 0.25) is 5.78 Å². The van der Waals surface area contributed by atoms with Crippen LogP contribution in [0.4, 0.5) is 0 Å². The fourth-order valence-electron chi connectivity index (χ4n) is 2.70. The molecule has 1 aliphatic carbocycles. The van der Waals surface area contributed by atoms with Gasteiger partial charge in [0.05, 0.1) is 18.6 Å². The average Bonchev–Trinajstić information content (AvgIpc) is 2.54. The number of carboxylic acid groups (broad SMARTS) is 1. The SMILES string of the molecule is O=C(O)C(=O)CC(=O)c1ccccc1OCC1CCCCC1. The molecule has 0 radical (unpaired) electrons. The van der Waals surface area contributed by atoms with Crippen LogP contribution < -0.4 is 4.74 Å². The number of hydrogen-bond acceptors (Lipinski definition) is 4. The van der Waals surface area contributed by atoms with Gasteiger partial charge >= 0.3 is 5.97 Å². The molecule has 0 bridgehead atoms. The Hall–Kier alpha value is -2.17. The third-order valence-electron chi connectivity index (χ3n) is 3.95. The Labute approximate surface area is 129 Å². The molecule has 0 atom stereocenters. The lowest BCUT2D eigenvalue weighted by molar-refractivity contribution is -0.148. The third kappa shape index (κ3) is 4.41. The molecule has 1 aliphatic rings. The first-order valence-electron chi connectivity index (χ1n) is 7.59. The van der Waals surface area contributed by atoms with Crippen LogP contribution in [0.1, 0.15) is 48.9 Å². The van der Waals surface area contributed by atoms with Crippen molar-refractivity contribution in [3.8, 4) is 5.75 Å². The van der Waals surface area contributed by atoms with E-state index in [9.17, 15) is 14.4 Å². The van der Waals surface area contributed by atoms with Gasteiger partial charge in [-0.05, 0) is 30.9 Å². The van der Waals surface area contributed by atoms with Crippen LogP contribution >= 0.6 is 0 Å². The number of para-hydroxylation sites is 1. The monoisotopic (exact) mass is 304 g/mol. The Bertz CT molecular complexity index is 558. The van der Waals surface area contributed by atoms with Crippen molar-refractivity contribution in [3.05, 3.63) is 29.8 Å². The van der Waals surface area contributed by atoms with Gasteiger partial charge in [0, 0.05) is 0 Å². The largest absolute Gasteiger partial charge is 0.493 e. The number of carboxylic acids is 1. The van der Waals surface area contributed by atoms with E-state index >= 15 is 0 Å². The summed E-state index contributed by atoms with van der Waals surface area (Å²) in [6, 6.07) is 6.67. The van der Waals surface area contributed by atoms with E-state index in [0.29, 0.717) is 18.3 Å². The predicted molar refractivity (Wildman–Crippen MR) is 80.1 cm³/mol. The van der Waals surface area contributed by atoms with Crippen molar-refractivity contribution in [1.82, 2.24) is 0 Å². The van der Waals surface area contributed by atoms with Gasteiger partial charge in [-0.3, -0.25) is 9.59 Å². The second-order valence-electron chi connectivity index (χ2n) is 5.64. The molecule has 22 heavy (non-hydrogen) atoms.